The Labute approximate surface area is 119 Å². The van der Waals surface area contributed by atoms with E-state index in [9.17, 15) is 13.2 Å². The lowest BCUT2D eigenvalue weighted by atomic mass is 10.1. The van der Waals surface area contributed by atoms with Crippen LogP contribution >= 0.6 is 0 Å². The van der Waals surface area contributed by atoms with E-state index in [-0.39, 0.29) is 16.8 Å². The molecule has 0 bridgehead atoms. The first kappa shape index (κ1) is 15.0. The van der Waals surface area contributed by atoms with E-state index < -0.39 is 9.84 Å². The van der Waals surface area contributed by atoms with Crippen molar-refractivity contribution in [3.05, 3.63) is 29.8 Å². The zero-order valence-corrected chi connectivity index (χ0v) is 12.6. The van der Waals surface area contributed by atoms with Crippen molar-refractivity contribution >= 4 is 15.7 Å². The van der Waals surface area contributed by atoms with Gasteiger partial charge < -0.3 is 10.2 Å². The van der Waals surface area contributed by atoms with Crippen LogP contribution in [0.1, 0.15) is 23.7 Å². The van der Waals surface area contributed by atoms with Gasteiger partial charge in [-0.25, -0.2) is 8.42 Å². The van der Waals surface area contributed by atoms with Crippen LogP contribution < -0.4 is 5.32 Å². The Morgan fingerprint density at radius 3 is 2.30 bits per heavy atom. The summed E-state index contributed by atoms with van der Waals surface area (Å²) in [5.74, 6) is -0.0293. The normalized spacial score (nSPS) is 15.7. The second-order valence-electron chi connectivity index (χ2n) is 5.11. The average molecular weight is 296 g/mol. The van der Waals surface area contributed by atoms with E-state index in [1.54, 1.807) is 12.1 Å². The van der Waals surface area contributed by atoms with Gasteiger partial charge in [0, 0.05) is 31.5 Å². The second kappa shape index (κ2) is 5.93. The van der Waals surface area contributed by atoms with Gasteiger partial charge in [0.05, 0.1) is 10.9 Å². The summed E-state index contributed by atoms with van der Waals surface area (Å²) < 4.78 is 22.8. The number of nitrogens with one attached hydrogen (secondary N) is 1. The van der Waals surface area contributed by atoms with Crippen molar-refractivity contribution in [2.75, 3.05) is 25.9 Å². The smallest absolute Gasteiger partial charge is 0.254 e. The van der Waals surface area contributed by atoms with Gasteiger partial charge in [-0.3, -0.25) is 4.79 Å². The number of hydrogen-bond donors (Lipinski definition) is 1. The van der Waals surface area contributed by atoms with E-state index in [1.807, 2.05) is 11.8 Å². The molecule has 0 radical (unpaired) electrons. The lowest BCUT2D eigenvalue weighted by molar-refractivity contribution is 0.0615. The zero-order chi connectivity index (χ0) is 14.8. The minimum atomic E-state index is -3.22. The standard InChI is InChI=1S/C14H20N2O3S/c1-3-8-16(12-9-15-10-12)14(17)11-4-6-13(7-5-11)20(2,18)19/h4-7,12,15H,3,8-10H2,1-2H3. The molecule has 5 nitrogen and oxygen atoms in total. The first-order valence-electron chi connectivity index (χ1n) is 6.75. The predicted molar refractivity (Wildman–Crippen MR) is 77.5 cm³/mol. The molecule has 2 rings (SSSR count). The summed E-state index contributed by atoms with van der Waals surface area (Å²) in [7, 11) is -3.22. The summed E-state index contributed by atoms with van der Waals surface area (Å²) in [6.07, 6.45) is 2.07. The maximum Gasteiger partial charge on any atom is 0.254 e. The second-order valence-corrected chi connectivity index (χ2v) is 7.12. The van der Waals surface area contributed by atoms with Gasteiger partial charge in [-0.05, 0) is 30.7 Å². The molecular weight excluding hydrogens is 276 g/mol. The number of benzene rings is 1. The van der Waals surface area contributed by atoms with Crippen molar-refractivity contribution in [1.82, 2.24) is 10.2 Å². The molecule has 1 amide bonds. The van der Waals surface area contributed by atoms with Crippen LogP contribution in [-0.4, -0.2) is 51.2 Å². The van der Waals surface area contributed by atoms with Gasteiger partial charge >= 0.3 is 0 Å². The largest absolute Gasteiger partial charge is 0.333 e. The number of rotatable bonds is 5. The monoisotopic (exact) mass is 296 g/mol. The molecule has 1 aliphatic rings. The highest BCUT2D eigenvalue weighted by Gasteiger charge is 2.28. The Morgan fingerprint density at radius 2 is 1.90 bits per heavy atom. The highest BCUT2D eigenvalue weighted by Crippen LogP contribution is 2.15. The highest BCUT2D eigenvalue weighted by molar-refractivity contribution is 7.90. The fraction of sp³-hybridized carbons (Fsp3) is 0.500. The van der Waals surface area contributed by atoms with Crippen LogP contribution in [0.25, 0.3) is 0 Å². The maximum absolute atomic E-state index is 12.5. The van der Waals surface area contributed by atoms with Crippen LogP contribution in [0.4, 0.5) is 0 Å². The first-order valence-corrected chi connectivity index (χ1v) is 8.64. The number of nitrogens with zero attached hydrogens (tertiary/aromatic N) is 1. The molecule has 1 aromatic rings. The molecule has 1 aliphatic heterocycles. The summed E-state index contributed by atoms with van der Waals surface area (Å²) >= 11 is 0. The van der Waals surface area contributed by atoms with Crippen LogP contribution in [0.2, 0.25) is 0 Å². The quantitative estimate of drug-likeness (QED) is 0.877. The molecule has 0 unspecified atom stereocenters. The molecule has 20 heavy (non-hydrogen) atoms. The third kappa shape index (κ3) is 3.19. The minimum Gasteiger partial charge on any atom is -0.333 e. The highest BCUT2D eigenvalue weighted by atomic mass is 32.2. The Morgan fingerprint density at radius 1 is 1.30 bits per heavy atom. The molecule has 0 aliphatic carbocycles. The number of amides is 1. The summed E-state index contributed by atoms with van der Waals surface area (Å²) in [5, 5.41) is 3.16. The van der Waals surface area contributed by atoms with Crippen molar-refractivity contribution in [3.63, 3.8) is 0 Å². The van der Waals surface area contributed by atoms with Gasteiger partial charge in [-0.15, -0.1) is 0 Å². The number of sulfone groups is 1. The Balaban J connectivity index is 2.18. The van der Waals surface area contributed by atoms with Crippen molar-refractivity contribution in [2.24, 2.45) is 0 Å². The molecule has 1 N–H and O–H groups in total. The summed E-state index contributed by atoms with van der Waals surface area (Å²) in [6.45, 7) is 4.42. The maximum atomic E-state index is 12.5. The van der Waals surface area contributed by atoms with E-state index >= 15 is 0 Å². The summed E-state index contributed by atoms with van der Waals surface area (Å²) in [5.41, 5.74) is 0.540. The van der Waals surface area contributed by atoms with E-state index in [0.717, 1.165) is 32.3 Å². The zero-order valence-electron chi connectivity index (χ0n) is 11.8. The van der Waals surface area contributed by atoms with E-state index in [1.165, 1.54) is 12.1 Å². The fourth-order valence-electron chi connectivity index (χ4n) is 2.20. The molecule has 1 saturated heterocycles. The molecule has 6 heteroatoms. The van der Waals surface area contributed by atoms with Crippen LogP contribution in [0.3, 0.4) is 0 Å². The Bertz CT molecular complexity index is 577. The van der Waals surface area contributed by atoms with E-state index in [0.29, 0.717) is 5.56 Å². The average Bonchev–Trinajstić information content (AvgIpc) is 2.34. The molecule has 110 valence electrons. The van der Waals surface area contributed by atoms with Crippen LogP contribution in [0, 0.1) is 0 Å². The van der Waals surface area contributed by atoms with Gasteiger partial charge in [-0.2, -0.15) is 0 Å². The Kier molecular flexibility index (Phi) is 4.45. The molecule has 0 aromatic heterocycles. The lowest BCUT2D eigenvalue weighted by Gasteiger charge is -2.38. The molecular formula is C14H20N2O3S. The predicted octanol–water partition coefficient (Wildman–Crippen LogP) is 0.914. The summed E-state index contributed by atoms with van der Waals surface area (Å²) in [4.78, 5) is 14.6. The summed E-state index contributed by atoms with van der Waals surface area (Å²) in [6, 6.07) is 6.41. The SMILES string of the molecule is CCCN(C(=O)c1ccc(S(C)(=O)=O)cc1)C1CNC1. The molecule has 0 atom stereocenters. The third-order valence-electron chi connectivity index (χ3n) is 3.46. The van der Waals surface area contributed by atoms with Crippen molar-refractivity contribution in [2.45, 2.75) is 24.3 Å². The third-order valence-corrected chi connectivity index (χ3v) is 4.58. The number of carbonyl (C=O) groups is 1. The lowest BCUT2D eigenvalue weighted by Crippen LogP contribution is -2.59. The van der Waals surface area contributed by atoms with Gasteiger partial charge in [0.2, 0.25) is 0 Å². The fourth-order valence-corrected chi connectivity index (χ4v) is 2.83. The van der Waals surface area contributed by atoms with Gasteiger partial charge in [0.15, 0.2) is 9.84 Å². The van der Waals surface area contributed by atoms with Crippen molar-refractivity contribution < 1.29 is 13.2 Å². The molecule has 1 aromatic carbocycles. The topological polar surface area (TPSA) is 66.5 Å². The van der Waals surface area contributed by atoms with E-state index in [2.05, 4.69) is 5.32 Å². The van der Waals surface area contributed by atoms with Gasteiger partial charge in [-0.1, -0.05) is 6.92 Å². The molecule has 0 saturated carbocycles. The van der Waals surface area contributed by atoms with E-state index in [4.69, 9.17) is 0 Å². The first-order chi connectivity index (χ1) is 9.43. The van der Waals surface area contributed by atoms with Crippen LogP contribution in [0.5, 0.6) is 0 Å². The Hall–Kier alpha value is -1.40. The molecule has 1 fully saturated rings. The minimum absolute atomic E-state index is 0.0293. The number of carbonyl (C=O) groups excluding carboxylic acids is 1. The number of hydrogen-bond acceptors (Lipinski definition) is 4. The van der Waals surface area contributed by atoms with Gasteiger partial charge in [0.25, 0.3) is 5.91 Å². The molecule has 1 heterocycles. The van der Waals surface area contributed by atoms with Crippen LogP contribution in [-0.2, 0) is 9.84 Å². The molecule has 0 spiro atoms. The van der Waals surface area contributed by atoms with Crippen molar-refractivity contribution in [1.29, 1.82) is 0 Å². The van der Waals surface area contributed by atoms with Gasteiger partial charge in [0.1, 0.15) is 0 Å². The van der Waals surface area contributed by atoms with Crippen LogP contribution in [0.15, 0.2) is 29.2 Å². The van der Waals surface area contributed by atoms with Crippen molar-refractivity contribution in [3.8, 4) is 0 Å².